The fourth-order valence-electron chi connectivity index (χ4n) is 4.11. The molecule has 0 spiro atoms. The fourth-order valence-corrected chi connectivity index (χ4v) is 4.11. The first-order chi connectivity index (χ1) is 15.5. The van der Waals surface area contributed by atoms with Crippen molar-refractivity contribution < 1.29 is 14.3 Å². The minimum Gasteiger partial charge on any atom is -0.377 e. The molecule has 0 bridgehead atoms. The number of aromatic nitrogens is 2. The lowest BCUT2D eigenvalue weighted by Gasteiger charge is -2.38. The summed E-state index contributed by atoms with van der Waals surface area (Å²) in [5.41, 5.74) is 3.60. The molecule has 2 N–H and O–H groups in total. The number of anilines is 2. The van der Waals surface area contributed by atoms with E-state index >= 15 is 0 Å². The number of urea groups is 1. The predicted octanol–water partition coefficient (Wildman–Crippen LogP) is 2.41. The van der Waals surface area contributed by atoms with Gasteiger partial charge in [-0.1, -0.05) is 0 Å². The molecule has 2 aromatic rings. The van der Waals surface area contributed by atoms with Gasteiger partial charge in [-0.05, 0) is 38.1 Å². The first-order valence-corrected chi connectivity index (χ1v) is 11.1. The largest absolute Gasteiger partial charge is 0.377 e. The molecular formula is C23H30N6O3. The van der Waals surface area contributed by atoms with E-state index < -0.39 is 0 Å². The Balaban J connectivity index is 1.68. The fraction of sp³-hybridized carbons (Fsp3) is 0.478. The van der Waals surface area contributed by atoms with Gasteiger partial charge in [-0.2, -0.15) is 0 Å². The van der Waals surface area contributed by atoms with E-state index in [4.69, 9.17) is 14.7 Å². The number of carbonyl (C=O) groups excluding carboxylic acids is 2. The first-order valence-electron chi connectivity index (χ1n) is 11.1. The van der Waals surface area contributed by atoms with Crippen molar-refractivity contribution in [2.24, 2.45) is 0 Å². The van der Waals surface area contributed by atoms with Crippen LogP contribution in [0.5, 0.6) is 0 Å². The Labute approximate surface area is 188 Å². The number of ether oxygens (including phenoxy) is 1. The summed E-state index contributed by atoms with van der Waals surface area (Å²) < 4.78 is 5.62. The van der Waals surface area contributed by atoms with E-state index in [1.54, 1.807) is 6.92 Å². The number of amides is 3. The Morgan fingerprint density at radius 1 is 1.19 bits per heavy atom. The number of morpholine rings is 1. The van der Waals surface area contributed by atoms with Crippen LogP contribution in [-0.4, -0.2) is 65.7 Å². The molecular weight excluding hydrogens is 408 g/mol. The van der Waals surface area contributed by atoms with E-state index in [1.165, 1.54) is 0 Å². The number of hydrogen-bond donors (Lipinski definition) is 2. The molecule has 1 unspecified atom stereocenters. The minimum absolute atomic E-state index is 0.0656. The zero-order chi connectivity index (χ0) is 22.7. The Kier molecular flexibility index (Phi) is 6.55. The summed E-state index contributed by atoms with van der Waals surface area (Å²) in [6.45, 7) is 9.40. The second-order valence-corrected chi connectivity index (χ2v) is 8.17. The highest BCUT2D eigenvalue weighted by Crippen LogP contribution is 2.31. The normalized spacial score (nSPS) is 18.2. The first kappa shape index (κ1) is 22.0. The van der Waals surface area contributed by atoms with E-state index in [1.807, 2.05) is 36.1 Å². The van der Waals surface area contributed by atoms with Gasteiger partial charge in [0.15, 0.2) is 5.82 Å². The lowest BCUT2D eigenvalue weighted by Crippen LogP contribution is -2.46. The highest BCUT2D eigenvalue weighted by Gasteiger charge is 2.29. The molecule has 170 valence electrons. The van der Waals surface area contributed by atoms with Gasteiger partial charge in [0.1, 0.15) is 5.82 Å². The maximum atomic E-state index is 12.0. The Morgan fingerprint density at radius 3 is 2.66 bits per heavy atom. The summed E-state index contributed by atoms with van der Waals surface area (Å²) in [6.07, 6.45) is 0.701. The molecule has 1 saturated heterocycles. The van der Waals surface area contributed by atoms with E-state index in [9.17, 15) is 9.59 Å². The molecule has 0 radical (unpaired) electrons. The highest BCUT2D eigenvalue weighted by atomic mass is 16.5. The molecule has 2 aliphatic heterocycles. The second kappa shape index (κ2) is 9.52. The van der Waals surface area contributed by atoms with Gasteiger partial charge < -0.3 is 25.2 Å². The summed E-state index contributed by atoms with van der Waals surface area (Å²) in [7, 11) is 0. The summed E-state index contributed by atoms with van der Waals surface area (Å²) in [6, 6.07) is 7.49. The van der Waals surface area contributed by atoms with Crippen molar-refractivity contribution in [2.75, 3.05) is 43.1 Å². The topological polar surface area (TPSA) is 99.7 Å². The average Bonchev–Trinajstić information content (AvgIpc) is 2.79. The molecule has 2 aliphatic rings. The van der Waals surface area contributed by atoms with Crippen molar-refractivity contribution in [3.05, 3.63) is 35.5 Å². The van der Waals surface area contributed by atoms with Crippen LogP contribution in [0.3, 0.4) is 0 Å². The van der Waals surface area contributed by atoms with E-state index in [0.29, 0.717) is 50.8 Å². The number of hydrogen-bond acceptors (Lipinski definition) is 6. The zero-order valence-corrected chi connectivity index (χ0v) is 18.9. The van der Waals surface area contributed by atoms with Gasteiger partial charge in [-0.3, -0.25) is 4.79 Å². The summed E-state index contributed by atoms with van der Waals surface area (Å²) in [5, 5.41) is 5.52. The van der Waals surface area contributed by atoms with Crippen LogP contribution in [0.15, 0.2) is 24.3 Å². The van der Waals surface area contributed by atoms with Crippen LogP contribution in [-0.2, 0) is 22.5 Å². The molecule has 9 nitrogen and oxygen atoms in total. The van der Waals surface area contributed by atoms with Gasteiger partial charge in [0.25, 0.3) is 0 Å². The monoisotopic (exact) mass is 438 g/mol. The van der Waals surface area contributed by atoms with E-state index in [0.717, 1.165) is 29.2 Å². The molecule has 4 rings (SSSR count). The Bertz CT molecular complexity index is 994. The molecule has 1 aromatic carbocycles. The van der Waals surface area contributed by atoms with Gasteiger partial charge in [0.2, 0.25) is 5.91 Å². The SMILES string of the molecule is CCNC(=O)Nc1ccc(-c2nc3c(c(N4CCOCC4C)n2)CN(C(C)=O)CC3)cc1. The van der Waals surface area contributed by atoms with Crippen molar-refractivity contribution >= 4 is 23.4 Å². The molecule has 0 aliphatic carbocycles. The van der Waals surface area contributed by atoms with Crippen LogP contribution in [0.2, 0.25) is 0 Å². The van der Waals surface area contributed by atoms with Crippen LogP contribution in [0.4, 0.5) is 16.3 Å². The smallest absolute Gasteiger partial charge is 0.319 e. The third-order valence-corrected chi connectivity index (χ3v) is 5.86. The maximum Gasteiger partial charge on any atom is 0.319 e. The number of fused-ring (bicyclic) bond motifs is 1. The zero-order valence-electron chi connectivity index (χ0n) is 18.9. The molecule has 3 heterocycles. The second-order valence-electron chi connectivity index (χ2n) is 8.17. The third-order valence-electron chi connectivity index (χ3n) is 5.86. The molecule has 1 fully saturated rings. The Hall–Kier alpha value is -3.20. The summed E-state index contributed by atoms with van der Waals surface area (Å²) in [5.74, 6) is 1.60. The van der Waals surface area contributed by atoms with Crippen molar-refractivity contribution in [1.82, 2.24) is 20.2 Å². The molecule has 32 heavy (non-hydrogen) atoms. The van der Waals surface area contributed by atoms with Crippen molar-refractivity contribution in [3.8, 4) is 11.4 Å². The number of carbonyl (C=O) groups is 2. The van der Waals surface area contributed by atoms with Crippen LogP contribution in [0.25, 0.3) is 11.4 Å². The quantitative estimate of drug-likeness (QED) is 0.761. The van der Waals surface area contributed by atoms with Crippen LogP contribution >= 0.6 is 0 Å². The van der Waals surface area contributed by atoms with Crippen LogP contribution < -0.4 is 15.5 Å². The number of rotatable bonds is 4. The number of nitrogens with zero attached hydrogens (tertiary/aromatic N) is 4. The van der Waals surface area contributed by atoms with Crippen molar-refractivity contribution in [1.29, 1.82) is 0 Å². The lowest BCUT2D eigenvalue weighted by atomic mass is 10.0. The summed E-state index contributed by atoms with van der Waals surface area (Å²) >= 11 is 0. The van der Waals surface area contributed by atoms with Gasteiger partial charge in [-0.15, -0.1) is 0 Å². The lowest BCUT2D eigenvalue weighted by molar-refractivity contribution is -0.129. The molecule has 3 amide bonds. The predicted molar refractivity (Wildman–Crippen MR) is 123 cm³/mol. The van der Waals surface area contributed by atoms with Gasteiger partial charge in [-0.25, -0.2) is 14.8 Å². The van der Waals surface area contributed by atoms with Crippen LogP contribution in [0.1, 0.15) is 32.0 Å². The standard InChI is InChI=1S/C23H30N6O3/c1-4-24-23(31)25-18-7-5-17(6-8-18)21-26-20-9-10-28(16(3)30)13-19(20)22(27-21)29-11-12-32-14-15(29)2/h5-8,15H,4,9-14H2,1-3H3,(H2,24,25,31). The average molecular weight is 439 g/mol. The molecule has 0 saturated carbocycles. The minimum atomic E-state index is -0.233. The van der Waals surface area contributed by atoms with Crippen molar-refractivity contribution in [2.45, 2.75) is 39.8 Å². The van der Waals surface area contributed by atoms with Gasteiger partial charge >= 0.3 is 6.03 Å². The van der Waals surface area contributed by atoms with Gasteiger partial charge in [0.05, 0.1) is 31.5 Å². The van der Waals surface area contributed by atoms with Crippen molar-refractivity contribution in [3.63, 3.8) is 0 Å². The maximum absolute atomic E-state index is 12.0. The van der Waals surface area contributed by atoms with Crippen LogP contribution in [0, 0.1) is 0 Å². The summed E-state index contributed by atoms with van der Waals surface area (Å²) in [4.78, 5) is 37.7. The third kappa shape index (κ3) is 4.67. The molecule has 9 heteroatoms. The number of nitrogens with one attached hydrogen (secondary N) is 2. The molecule has 1 atom stereocenters. The van der Waals surface area contributed by atoms with E-state index in [-0.39, 0.29) is 18.0 Å². The highest BCUT2D eigenvalue weighted by molar-refractivity contribution is 5.89. The van der Waals surface area contributed by atoms with E-state index in [2.05, 4.69) is 22.5 Å². The van der Waals surface area contributed by atoms with Gasteiger partial charge in [0, 0.05) is 49.8 Å². The molecule has 1 aromatic heterocycles. The Morgan fingerprint density at radius 2 is 1.97 bits per heavy atom. The number of benzene rings is 1.